The molecule has 2 aliphatic rings. The van der Waals surface area contributed by atoms with Gasteiger partial charge >= 0.3 is 0 Å². The quantitative estimate of drug-likeness (QED) is 0.889. The molecule has 25 heavy (non-hydrogen) atoms. The molecule has 0 unspecified atom stereocenters. The number of nitrogens with zero attached hydrogens (tertiary/aromatic N) is 5. The van der Waals surface area contributed by atoms with Crippen LogP contribution in [0.1, 0.15) is 18.9 Å². The molecular weight excluding hydrogens is 316 g/mol. The van der Waals surface area contributed by atoms with Crippen molar-refractivity contribution in [1.29, 1.82) is 0 Å². The van der Waals surface area contributed by atoms with E-state index >= 15 is 0 Å². The second kappa shape index (κ2) is 7.31. The molecule has 2 aliphatic heterocycles. The molecule has 0 bridgehead atoms. The van der Waals surface area contributed by atoms with Crippen molar-refractivity contribution in [3.05, 3.63) is 36.4 Å². The number of hydrogen-bond acceptors (Lipinski definition) is 7. The van der Waals surface area contributed by atoms with Gasteiger partial charge in [-0.15, -0.1) is 0 Å². The van der Waals surface area contributed by atoms with Crippen molar-refractivity contribution in [3.8, 4) is 0 Å². The molecule has 2 aromatic rings. The minimum Gasteiger partial charge on any atom is -0.376 e. The van der Waals surface area contributed by atoms with Gasteiger partial charge in [-0.05, 0) is 30.4 Å². The number of aryl methyl sites for hydroxylation is 1. The van der Waals surface area contributed by atoms with Gasteiger partial charge in [0.15, 0.2) is 0 Å². The third-order valence-corrected chi connectivity index (χ3v) is 5.20. The molecule has 1 N–H and O–H groups in total. The summed E-state index contributed by atoms with van der Waals surface area (Å²) >= 11 is 0. The van der Waals surface area contributed by atoms with E-state index in [-0.39, 0.29) is 6.10 Å². The van der Waals surface area contributed by atoms with E-state index in [9.17, 15) is 0 Å². The summed E-state index contributed by atoms with van der Waals surface area (Å²) in [5.41, 5.74) is 1.18. The van der Waals surface area contributed by atoms with Crippen LogP contribution in [0.2, 0.25) is 0 Å². The number of aromatic nitrogens is 4. The highest BCUT2D eigenvalue weighted by molar-refractivity contribution is 5.31. The van der Waals surface area contributed by atoms with Crippen molar-refractivity contribution in [3.63, 3.8) is 0 Å². The standard InChI is InChI=1S/C18H24N6O/c1-2-13-8-22-18(23-9-13)24-7-4-15-14(11-24)12-25-16(15)10-21-17-19-5-3-6-20-17/h3,5-6,8-9,14-16H,2,4,7,10-12H2,1H3,(H,19,20,21)/t14-,15-,16-/m1/s1. The van der Waals surface area contributed by atoms with Crippen LogP contribution in [-0.2, 0) is 11.2 Å². The highest BCUT2D eigenvalue weighted by Gasteiger charge is 2.41. The zero-order valence-electron chi connectivity index (χ0n) is 14.5. The predicted octanol–water partition coefficient (Wildman–Crippen LogP) is 1.78. The fourth-order valence-corrected chi connectivity index (χ4v) is 3.75. The van der Waals surface area contributed by atoms with Crippen LogP contribution in [0, 0.1) is 11.8 Å². The second-order valence-electron chi connectivity index (χ2n) is 6.73. The second-order valence-corrected chi connectivity index (χ2v) is 6.73. The van der Waals surface area contributed by atoms with Crippen LogP contribution >= 0.6 is 0 Å². The van der Waals surface area contributed by atoms with Crippen LogP contribution in [0.4, 0.5) is 11.9 Å². The minimum atomic E-state index is 0.222. The Morgan fingerprint density at radius 3 is 2.76 bits per heavy atom. The first-order valence-electron chi connectivity index (χ1n) is 9.02. The number of nitrogens with one attached hydrogen (secondary N) is 1. The van der Waals surface area contributed by atoms with Crippen LogP contribution in [0.25, 0.3) is 0 Å². The third-order valence-electron chi connectivity index (χ3n) is 5.20. The first kappa shape index (κ1) is 16.2. The number of anilines is 2. The summed E-state index contributed by atoms with van der Waals surface area (Å²) in [6.07, 6.45) is 9.66. The zero-order valence-corrected chi connectivity index (χ0v) is 14.5. The lowest BCUT2D eigenvalue weighted by atomic mass is 9.84. The van der Waals surface area contributed by atoms with E-state index in [0.717, 1.165) is 45.0 Å². The van der Waals surface area contributed by atoms with Gasteiger partial charge in [0.05, 0.1) is 12.7 Å². The average molecular weight is 340 g/mol. The lowest BCUT2D eigenvalue weighted by molar-refractivity contribution is 0.0991. The van der Waals surface area contributed by atoms with Gasteiger partial charge in [0.2, 0.25) is 11.9 Å². The van der Waals surface area contributed by atoms with Crippen molar-refractivity contribution < 1.29 is 4.74 Å². The van der Waals surface area contributed by atoms with Gasteiger partial charge in [0.1, 0.15) is 0 Å². The largest absolute Gasteiger partial charge is 0.376 e. The molecule has 0 amide bonds. The third kappa shape index (κ3) is 3.56. The molecule has 0 radical (unpaired) electrons. The van der Waals surface area contributed by atoms with Gasteiger partial charge in [-0.3, -0.25) is 0 Å². The Kier molecular flexibility index (Phi) is 4.74. The number of piperidine rings is 1. The normalized spacial score (nSPS) is 25.6. The summed E-state index contributed by atoms with van der Waals surface area (Å²) in [6, 6.07) is 1.82. The topological polar surface area (TPSA) is 76.1 Å². The average Bonchev–Trinajstić information content (AvgIpc) is 3.09. The van der Waals surface area contributed by atoms with Gasteiger partial charge in [0.25, 0.3) is 0 Å². The van der Waals surface area contributed by atoms with Crippen molar-refractivity contribution in [2.45, 2.75) is 25.9 Å². The highest BCUT2D eigenvalue weighted by atomic mass is 16.5. The Bertz CT molecular complexity index is 680. The van der Waals surface area contributed by atoms with Gasteiger partial charge in [0, 0.05) is 50.3 Å². The maximum Gasteiger partial charge on any atom is 0.225 e. The fourth-order valence-electron chi connectivity index (χ4n) is 3.75. The van der Waals surface area contributed by atoms with Gasteiger partial charge in [-0.25, -0.2) is 19.9 Å². The molecule has 2 fully saturated rings. The molecule has 7 heteroatoms. The van der Waals surface area contributed by atoms with E-state index in [2.05, 4.69) is 37.1 Å². The summed E-state index contributed by atoms with van der Waals surface area (Å²) < 4.78 is 6.06. The molecule has 2 saturated heterocycles. The Morgan fingerprint density at radius 1 is 1.20 bits per heavy atom. The molecule has 132 valence electrons. The van der Waals surface area contributed by atoms with E-state index < -0.39 is 0 Å². The predicted molar refractivity (Wildman–Crippen MR) is 95.5 cm³/mol. The Morgan fingerprint density at radius 2 is 2.00 bits per heavy atom. The van der Waals surface area contributed by atoms with Crippen LogP contribution in [0.5, 0.6) is 0 Å². The van der Waals surface area contributed by atoms with E-state index in [4.69, 9.17) is 4.74 Å². The SMILES string of the molecule is CCc1cnc(N2CC[C@@H]3[C@@H](CO[C@@H]3CNc3ncccn3)C2)nc1. The molecule has 0 spiro atoms. The lowest BCUT2D eigenvalue weighted by Crippen LogP contribution is -2.43. The number of ether oxygens (including phenoxy) is 1. The highest BCUT2D eigenvalue weighted by Crippen LogP contribution is 2.35. The van der Waals surface area contributed by atoms with Crippen molar-refractivity contribution in [1.82, 2.24) is 19.9 Å². The van der Waals surface area contributed by atoms with Gasteiger partial charge in [-0.2, -0.15) is 0 Å². The summed E-state index contributed by atoms with van der Waals surface area (Å²) in [4.78, 5) is 19.8. The minimum absolute atomic E-state index is 0.222. The maximum absolute atomic E-state index is 6.06. The number of hydrogen-bond donors (Lipinski definition) is 1. The zero-order chi connectivity index (χ0) is 17.1. The Labute approximate surface area is 147 Å². The molecule has 3 atom stereocenters. The summed E-state index contributed by atoms with van der Waals surface area (Å²) in [5, 5.41) is 3.29. The van der Waals surface area contributed by atoms with E-state index in [1.807, 2.05) is 18.5 Å². The van der Waals surface area contributed by atoms with Crippen molar-refractivity contribution in [2.75, 3.05) is 36.5 Å². The van der Waals surface area contributed by atoms with E-state index in [1.165, 1.54) is 5.56 Å². The fraction of sp³-hybridized carbons (Fsp3) is 0.556. The van der Waals surface area contributed by atoms with E-state index in [1.54, 1.807) is 12.4 Å². The molecule has 2 aromatic heterocycles. The van der Waals surface area contributed by atoms with Crippen LogP contribution < -0.4 is 10.2 Å². The van der Waals surface area contributed by atoms with Crippen molar-refractivity contribution in [2.24, 2.45) is 11.8 Å². The maximum atomic E-state index is 6.06. The van der Waals surface area contributed by atoms with Crippen LogP contribution in [-0.4, -0.2) is 52.3 Å². The summed E-state index contributed by atoms with van der Waals surface area (Å²) in [6.45, 7) is 5.63. The van der Waals surface area contributed by atoms with Crippen LogP contribution in [0.15, 0.2) is 30.9 Å². The molecule has 0 aromatic carbocycles. The van der Waals surface area contributed by atoms with Crippen molar-refractivity contribution >= 4 is 11.9 Å². The molecular formula is C18H24N6O. The van der Waals surface area contributed by atoms with Gasteiger partial charge < -0.3 is 15.0 Å². The smallest absolute Gasteiger partial charge is 0.225 e. The Balaban J connectivity index is 1.34. The molecule has 0 saturated carbocycles. The first-order chi connectivity index (χ1) is 12.3. The van der Waals surface area contributed by atoms with E-state index in [0.29, 0.717) is 17.8 Å². The molecule has 7 nitrogen and oxygen atoms in total. The number of fused-ring (bicyclic) bond motifs is 1. The Hall–Kier alpha value is -2.28. The van der Waals surface area contributed by atoms with Gasteiger partial charge in [-0.1, -0.05) is 6.92 Å². The molecule has 0 aliphatic carbocycles. The number of rotatable bonds is 5. The molecule has 4 rings (SSSR count). The lowest BCUT2D eigenvalue weighted by Gasteiger charge is -2.35. The van der Waals surface area contributed by atoms with Crippen LogP contribution in [0.3, 0.4) is 0 Å². The monoisotopic (exact) mass is 340 g/mol. The first-order valence-corrected chi connectivity index (χ1v) is 9.02. The summed E-state index contributed by atoms with van der Waals surface area (Å²) in [7, 11) is 0. The summed E-state index contributed by atoms with van der Waals surface area (Å²) in [5.74, 6) is 2.61. The molecule has 4 heterocycles.